The number of hydrogen-bond donors (Lipinski definition) is 0. The maximum atomic E-state index is 12.6. The number of furan rings is 1. The highest BCUT2D eigenvalue weighted by atomic mass is 16.6. The van der Waals surface area contributed by atoms with E-state index in [2.05, 4.69) is 6.92 Å². The molecule has 0 radical (unpaired) electrons. The Bertz CT molecular complexity index is 575. The summed E-state index contributed by atoms with van der Waals surface area (Å²) < 4.78 is 17.1. The molecule has 0 spiro atoms. The molecule has 1 aliphatic carbocycles. The number of ketones is 1. The molecular formula is C15H18O4. The van der Waals surface area contributed by atoms with E-state index < -0.39 is 0 Å². The monoisotopic (exact) mass is 262 g/mol. The molecule has 2 saturated heterocycles. The van der Waals surface area contributed by atoms with Gasteiger partial charge in [-0.15, -0.1) is 0 Å². The molecule has 3 heterocycles. The molecule has 0 N–H and O–H groups in total. The Morgan fingerprint density at radius 2 is 2.05 bits per heavy atom. The number of epoxide rings is 2. The van der Waals surface area contributed by atoms with E-state index in [0.29, 0.717) is 12.0 Å². The van der Waals surface area contributed by atoms with Crippen molar-refractivity contribution in [2.24, 2.45) is 0 Å². The van der Waals surface area contributed by atoms with Gasteiger partial charge in [0, 0.05) is 6.42 Å². The lowest BCUT2D eigenvalue weighted by Crippen LogP contribution is -2.24. The highest BCUT2D eigenvalue weighted by Gasteiger charge is 2.61. The van der Waals surface area contributed by atoms with Crippen LogP contribution >= 0.6 is 0 Å². The minimum absolute atomic E-state index is 0.0754. The Labute approximate surface area is 112 Å². The largest absolute Gasteiger partial charge is 0.468 e. The first-order chi connectivity index (χ1) is 8.93. The van der Waals surface area contributed by atoms with Gasteiger partial charge in [-0.2, -0.15) is 0 Å². The Morgan fingerprint density at radius 1 is 1.26 bits per heavy atom. The minimum Gasteiger partial charge on any atom is -0.468 e. The van der Waals surface area contributed by atoms with E-state index in [0.717, 1.165) is 24.2 Å². The molecule has 1 aromatic rings. The zero-order valence-corrected chi connectivity index (χ0v) is 11.5. The molecule has 0 amide bonds. The molecule has 3 aliphatic rings. The second-order valence-corrected chi connectivity index (χ2v) is 6.53. The van der Waals surface area contributed by atoms with Gasteiger partial charge in [-0.3, -0.25) is 4.79 Å². The van der Waals surface area contributed by atoms with Crippen molar-refractivity contribution in [1.82, 2.24) is 0 Å². The summed E-state index contributed by atoms with van der Waals surface area (Å²) in [6.45, 7) is 6.03. The average Bonchev–Trinajstić information content (AvgIpc) is 3.15. The molecule has 4 atom stereocenters. The number of ether oxygens (including phenoxy) is 2. The van der Waals surface area contributed by atoms with Crippen molar-refractivity contribution in [3.05, 3.63) is 23.2 Å². The van der Waals surface area contributed by atoms with Crippen molar-refractivity contribution in [1.29, 1.82) is 0 Å². The lowest BCUT2D eigenvalue weighted by Gasteiger charge is -2.10. The SMILES string of the molecule is Cc1coc2c1C(=O)[C@H]1O[C@@]1(C)CC[C@@H]1O[C@@]1(C)C2. The predicted octanol–water partition coefficient (Wildman–Crippen LogP) is 2.42. The van der Waals surface area contributed by atoms with Gasteiger partial charge in [-0.05, 0) is 39.2 Å². The van der Waals surface area contributed by atoms with E-state index in [-0.39, 0.29) is 29.2 Å². The van der Waals surface area contributed by atoms with Gasteiger partial charge < -0.3 is 13.9 Å². The van der Waals surface area contributed by atoms with E-state index in [4.69, 9.17) is 13.9 Å². The van der Waals surface area contributed by atoms with Gasteiger partial charge in [0.15, 0.2) is 5.78 Å². The summed E-state index contributed by atoms with van der Waals surface area (Å²) in [6, 6.07) is 0. The second-order valence-electron chi connectivity index (χ2n) is 6.53. The van der Waals surface area contributed by atoms with Crippen LogP contribution in [0, 0.1) is 6.92 Å². The third kappa shape index (κ3) is 1.56. The Hall–Kier alpha value is -1.13. The van der Waals surface area contributed by atoms with Gasteiger partial charge in [0.25, 0.3) is 0 Å². The normalized spacial score (nSPS) is 44.1. The van der Waals surface area contributed by atoms with Crippen molar-refractivity contribution in [3.63, 3.8) is 0 Å². The zero-order chi connectivity index (χ0) is 13.4. The van der Waals surface area contributed by atoms with E-state index in [1.165, 1.54) is 0 Å². The van der Waals surface area contributed by atoms with Crippen molar-refractivity contribution in [2.75, 3.05) is 0 Å². The minimum atomic E-state index is -0.303. The highest BCUT2D eigenvalue weighted by molar-refractivity contribution is 6.04. The number of Topliss-reactive ketones (excluding diaryl/α,β-unsaturated/α-hetero) is 1. The molecule has 0 unspecified atom stereocenters. The summed E-state index contributed by atoms with van der Waals surface area (Å²) in [7, 11) is 0. The van der Waals surface area contributed by atoms with E-state index in [1.54, 1.807) is 6.26 Å². The molecule has 102 valence electrons. The topological polar surface area (TPSA) is 55.3 Å². The first-order valence-corrected chi connectivity index (χ1v) is 6.90. The molecule has 4 nitrogen and oxygen atoms in total. The summed E-state index contributed by atoms with van der Waals surface area (Å²) in [5.41, 5.74) is 1.14. The fourth-order valence-electron chi connectivity index (χ4n) is 3.39. The molecule has 0 saturated carbocycles. The Balaban J connectivity index is 1.78. The number of carbonyl (C=O) groups is 1. The molecule has 0 bridgehead atoms. The number of rotatable bonds is 0. The van der Waals surface area contributed by atoms with Crippen LogP contribution in [-0.4, -0.2) is 29.2 Å². The third-order valence-corrected chi connectivity index (χ3v) is 4.87. The van der Waals surface area contributed by atoms with Crippen molar-refractivity contribution in [3.8, 4) is 0 Å². The number of fused-ring (bicyclic) bond motifs is 3. The smallest absolute Gasteiger partial charge is 0.198 e. The van der Waals surface area contributed by atoms with Crippen molar-refractivity contribution < 1.29 is 18.7 Å². The van der Waals surface area contributed by atoms with Gasteiger partial charge in [0.05, 0.1) is 23.5 Å². The summed E-state index contributed by atoms with van der Waals surface area (Å²) >= 11 is 0. The lowest BCUT2D eigenvalue weighted by molar-refractivity contribution is 0.0950. The molecule has 2 fully saturated rings. The lowest BCUT2D eigenvalue weighted by atomic mass is 9.87. The van der Waals surface area contributed by atoms with Gasteiger partial charge >= 0.3 is 0 Å². The van der Waals surface area contributed by atoms with Crippen LogP contribution in [0.15, 0.2) is 10.7 Å². The van der Waals surface area contributed by atoms with Gasteiger partial charge in [0.1, 0.15) is 17.5 Å². The molecule has 19 heavy (non-hydrogen) atoms. The number of hydrogen-bond acceptors (Lipinski definition) is 4. The van der Waals surface area contributed by atoms with Crippen LogP contribution in [-0.2, 0) is 15.9 Å². The fourth-order valence-corrected chi connectivity index (χ4v) is 3.39. The molecule has 4 heteroatoms. The van der Waals surface area contributed by atoms with Crippen LogP contribution in [0.4, 0.5) is 0 Å². The molecule has 2 aliphatic heterocycles. The highest BCUT2D eigenvalue weighted by Crippen LogP contribution is 2.50. The summed E-state index contributed by atoms with van der Waals surface area (Å²) in [5.74, 6) is 0.832. The maximum Gasteiger partial charge on any atom is 0.198 e. The van der Waals surface area contributed by atoms with Gasteiger partial charge in [0.2, 0.25) is 0 Å². The standard InChI is InChI=1S/C15H18O4/c1-8-7-17-9-6-15(3)10(18-15)4-5-14(2)13(19-14)12(16)11(8)9/h7,10,13H,4-6H2,1-3H3/t10-,13+,14-,15-/m0/s1. The first kappa shape index (κ1) is 11.7. The van der Waals surface area contributed by atoms with Crippen molar-refractivity contribution >= 4 is 5.78 Å². The first-order valence-electron chi connectivity index (χ1n) is 6.90. The van der Waals surface area contributed by atoms with Crippen LogP contribution in [0.1, 0.15) is 48.4 Å². The van der Waals surface area contributed by atoms with Crippen LogP contribution in [0.5, 0.6) is 0 Å². The average molecular weight is 262 g/mol. The molecule has 1 aromatic heterocycles. The zero-order valence-electron chi connectivity index (χ0n) is 11.5. The molecule has 0 aromatic carbocycles. The molecular weight excluding hydrogens is 244 g/mol. The summed E-state index contributed by atoms with van der Waals surface area (Å²) in [6.07, 6.45) is 4.14. The van der Waals surface area contributed by atoms with E-state index >= 15 is 0 Å². The van der Waals surface area contributed by atoms with Crippen LogP contribution in [0.25, 0.3) is 0 Å². The fraction of sp³-hybridized carbons (Fsp3) is 0.667. The predicted molar refractivity (Wildman–Crippen MR) is 67.3 cm³/mol. The second kappa shape index (κ2) is 3.30. The summed E-state index contributed by atoms with van der Waals surface area (Å²) in [4.78, 5) is 12.6. The van der Waals surface area contributed by atoms with E-state index in [1.807, 2.05) is 13.8 Å². The third-order valence-electron chi connectivity index (χ3n) is 4.87. The summed E-state index contributed by atoms with van der Waals surface area (Å²) in [5, 5.41) is 0. The van der Waals surface area contributed by atoms with Crippen LogP contribution in [0.2, 0.25) is 0 Å². The quantitative estimate of drug-likeness (QED) is 0.674. The van der Waals surface area contributed by atoms with Crippen LogP contribution in [0.3, 0.4) is 0 Å². The Morgan fingerprint density at radius 3 is 2.84 bits per heavy atom. The Kier molecular flexibility index (Phi) is 2.03. The van der Waals surface area contributed by atoms with E-state index in [9.17, 15) is 4.79 Å². The van der Waals surface area contributed by atoms with Gasteiger partial charge in [-0.25, -0.2) is 0 Å². The number of aryl methyl sites for hydroxylation is 1. The van der Waals surface area contributed by atoms with Gasteiger partial charge in [-0.1, -0.05) is 0 Å². The molecule has 4 rings (SSSR count). The van der Waals surface area contributed by atoms with Crippen molar-refractivity contribution in [2.45, 2.75) is 63.4 Å². The number of carbonyl (C=O) groups excluding carboxylic acids is 1. The van der Waals surface area contributed by atoms with Crippen LogP contribution < -0.4 is 0 Å². The maximum absolute atomic E-state index is 12.6.